The highest BCUT2D eigenvalue weighted by Gasteiger charge is 2.29. The Morgan fingerprint density at radius 3 is 2.64 bits per heavy atom. The predicted molar refractivity (Wildman–Crippen MR) is 59.2 cm³/mol. The SMILES string of the molecule is CC(C)N1CCCC(O)(CCN)CC1. The molecule has 0 aliphatic carbocycles. The smallest absolute Gasteiger partial charge is 0.0672 e. The molecule has 1 aliphatic rings. The van der Waals surface area contributed by atoms with Crippen LogP contribution in [-0.2, 0) is 0 Å². The molecule has 3 N–H and O–H groups in total. The van der Waals surface area contributed by atoms with E-state index >= 15 is 0 Å². The van der Waals surface area contributed by atoms with Crippen molar-refractivity contribution < 1.29 is 5.11 Å². The number of aliphatic hydroxyl groups is 1. The molecule has 0 radical (unpaired) electrons. The standard InChI is InChI=1S/C11H24N2O/c1-10(2)13-8-3-4-11(14,5-7-12)6-9-13/h10,14H,3-9,12H2,1-2H3. The third-order valence-corrected chi connectivity index (χ3v) is 3.29. The molecule has 84 valence electrons. The molecule has 1 unspecified atom stereocenters. The van der Waals surface area contributed by atoms with E-state index in [1.165, 1.54) is 0 Å². The van der Waals surface area contributed by atoms with Gasteiger partial charge >= 0.3 is 0 Å². The molecule has 0 spiro atoms. The van der Waals surface area contributed by atoms with Crippen LogP contribution in [0.4, 0.5) is 0 Å². The molecule has 0 aromatic rings. The molecular weight excluding hydrogens is 176 g/mol. The van der Waals surface area contributed by atoms with Gasteiger partial charge in [-0.25, -0.2) is 0 Å². The molecule has 1 rings (SSSR count). The molecule has 0 aromatic heterocycles. The summed E-state index contributed by atoms with van der Waals surface area (Å²) in [7, 11) is 0. The number of hydrogen-bond acceptors (Lipinski definition) is 3. The summed E-state index contributed by atoms with van der Waals surface area (Å²) in [5.41, 5.74) is 5.03. The summed E-state index contributed by atoms with van der Waals surface area (Å²) in [4.78, 5) is 2.44. The van der Waals surface area contributed by atoms with Crippen molar-refractivity contribution in [3.8, 4) is 0 Å². The molecular formula is C11H24N2O. The second-order valence-electron chi connectivity index (χ2n) is 4.75. The number of nitrogens with two attached hydrogens (primary N) is 1. The Hall–Kier alpha value is -0.120. The van der Waals surface area contributed by atoms with Gasteiger partial charge in [-0.3, -0.25) is 0 Å². The van der Waals surface area contributed by atoms with Crippen molar-refractivity contribution in [2.45, 2.75) is 51.2 Å². The predicted octanol–water partition coefficient (Wildman–Crippen LogP) is 0.961. The van der Waals surface area contributed by atoms with Gasteiger partial charge in [-0.05, 0) is 52.6 Å². The van der Waals surface area contributed by atoms with Crippen LogP contribution in [0.5, 0.6) is 0 Å². The molecule has 0 amide bonds. The van der Waals surface area contributed by atoms with E-state index in [2.05, 4.69) is 18.7 Å². The Bertz CT molecular complexity index is 173. The maximum absolute atomic E-state index is 10.2. The zero-order valence-corrected chi connectivity index (χ0v) is 9.50. The van der Waals surface area contributed by atoms with Gasteiger partial charge < -0.3 is 15.7 Å². The molecule has 0 bridgehead atoms. The summed E-state index contributed by atoms with van der Waals surface area (Å²) >= 11 is 0. The molecule has 0 saturated carbocycles. The fraction of sp³-hybridized carbons (Fsp3) is 1.00. The van der Waals surface area contributed by atoms with Gasteiger partial charge in [-0.2, -0.15) is 0 Å². The second kappa shape index (κ2) is 5.10. The maximum atomic E-state index is 10.2. The molecule has 1 heterocycles. The van der Waals surface area contributed by atoms with Crippen LogP contribution in [0.3, 0.4) is 0 Å². The summed E-state index contributed by atoms with van der Waals surface area (Å²) in [6.07, 6.45) is 3.63. The second-order valence-corrected chi connectivity index (χ2v) is 4.75. The van der Waals surface area contributed by atoms with Crippen LogP contribution < -0.4 is 5.73 Å². The van der Waals surface area contributed by atoms with Crippen LogP contribution >= 0.6 is 0 Å². The summed E-state index contributed by atoms with van der Waals surface area (Å²) in [5.74, 6) is 0. The van der Waals surface area contributed by atoms with Crippen molar-refractivity contribution in [2.24, 2.45) is 5.73 Å². The first kappa shape index (κ1) is 12.0. The Labute approximate surface area is 87.3 Å². The van der Waals surface area contributed by atoms with Gasteiger partial charge in [0.05, 0.1) is 5.60 Å². The lowest BCUT2D eigenvalue weighted by Gasteiger charge is -2.27. The third kappa shape index (κ3) is 3.23. The van der Waals surface area contributed by atoms with Crippen LogP contribution in [0.15, 0.2) is 0 Å². The van der Waals surface area contributed by atoms with Gasteiger partial charge in [-0.15, -0.1) is 0 Å². The number of nitrogens with zero attached hydrogens (tertiary/aromatic N) is 1. The van der Waals surface area contributed by atoms with Crippen LogP contribution in [-0.4, -0.2) is 41.3 Å². The van der Waals surface area contributed by atoms with Crippen molar-refractivity contribution in [1.82, 2.24) is 4.90 Å². The highest BCUT2D eigenvalue weighted by molar-refractivity contribution is 4.84. The zero-order chi connectivity index (χ0) is 10.6. The van der Waals surface area contributed by atoms with Gasteiger partial charge in [0.2, 0.25) is 0 Å². The Balaban J connectivity index is 2.47. The summed E-state index contributed by atoms with van der Waals surface area (Å²) in [6.45, 7) is 7.15. The summed E-state index contributed by atoms with van der Waals surface area (Å²) in [6, 6.07) is 0.593. The Morgan fingerprint density at radius 2 is 2.07 bits per heavy atom. The van der Waals surface area contributed by atoms with E-state index in [1.54, 1.807) is 0 Å². The quantitative estimate of drug-likeness (QED) is 0.713. The Kier molecular flexibility index (Phi) is 4.35. The van der Waals surface area contributed by atoms with Gasteiger partial charge in [0.1, 0.15) is 0 Å². The van der Waals surface area contributed by atoms with E-state index < -0.39 is 5.60 Å². The first-order valence-electron chi connectivity index (χ1n) is 5.74. The molecule has 1 aliphatic heterocycles. The van der Waals surface area contributed by atoms with E-state index in [4.69, 9.17) is 5.73 Å². The van der Waals surface area contributed by atoms with E-state index in [9.17, 15) is 5.11 Å². The van der Waals surface area contributed by atoms with E-state index in [0.29, 0.717) is 12.6 Å². The largest absolute Gasteiger partial charge is 0.390 e. The highest BCUT2D eigenvalue weighted by Crippen LogP contribution is 2.25. The summed E-state index contributed by atoms with van der Waals surface area (Å²) < 4.78 is 0. The lowest BCUT2D eigenvalue weighted by molar-refractivity contribution is 0.0186. The van der Waals surface area contributed by atoms with Crippen LogP contribution in [0, 0.1) is 0 Å². The minimum Gasteiger partial charge on any atom is -0.390 e. The van der Waals surface area contributed by atoms with Crippen LogP contribution in [0.25, 0.3) is 0 Å². The minimum atomic E-state index is -0.488. The first-order chi connectivity index (χ1) is 6.57. The molecule has 0 aromatic carbocycles. The molecule has 14 heavy (non-hydrogen) atoms. The van der Waals surface area contributed by atoms with Crippen molar-refractivity contribution in [3.05, 3.63) is 0 Å². The van der Waals surface area contributed by atoms with Crippen molar-refractivity contribution in [2.75, 3.05) is 19.6 Å². The fourth-order valence-electron chi connectivity index (χ4n) is 2.23. The van der Waals surface area contributed by atoms with E-state index in [1.807, 2.05) is 0 Å². The molecule has 1 fully saturated rings. The Morgan fingerprint density at radius 1 is 1.36 bits per heavy atom. The lowest BCUT2D eigenvalue weighted by atomic mass is 9.91. The fourth-order valence-corrected chi connectivity index (χ4v) is 2.23. The highest BCUT2D eigenvalue weighted by atomic mass is 16.3. The van der Waals surface area contributed by atoms with Gasteiger partial charge in [-0.1, -0.05) is 0 Å². The van der Waals surface area contributed by atoms with Gasteiger partial charge in [0.15, 0.2) is 0 Å². The molecule has 1 atom stereocenters. The third-order valence-electron chi connectivity index (χ3n) is 3.29. The number of hydrogen-bond donors (Lipinski definition) is 2. The van der Waals surface area contributed by atoms with Crippen molar-refractivity contribution in [1.29, 1.82) is 0 Å². The number of likely N-dealkylation sites (tertiary alicyclic amines) is 1. The van der Waals surface area contributed by atoms with E-state index in [0.717, 1.165) is 38.8 Å². The first-order valence-corrected chi connectivity index (χ1v) is 5.74. The normalized spacial score (nSPS) is 30.6. The summed E-state index contributed by atoms with van der Waals surface area (Å²) in [5, 5.41) is 10.2. The topological polar surface area (TPSA) is 49.5 Å². The molecule has 1 saturated heterocycles. The maximum Gasteiger partial charge on any atom is 0.0672 e. The molecule has 3 heteroatoms. The molecule has 3 nitrogen and oxygen atoms in total. The van der Waals surface area contributed by atoms with Crippen molar-refractivity contribution in [3.63, 3.8) is 0 Å². The van der Waals surface area contributed by atoms with E-state index in [-0.39, 0.29) is 0 Å². The van der Waals surface area contributed by atoms with Crippen molar-refractivity contribution >= 4 is 0 Å². The number of rotatable bonds is 3. The van der Waals surface area contributed by atoms with Gasteiger partial charge in [0.25, 0.3) is 0 Å². The van der Waals surface area contributed by atoms with Gasteiger partial charge in [0, 0.05) is 12.6 Å². The minimum absolute atomic E-state index is 0.488. The monoisotopic (exact) mass is 200 g/mol. The average Bonchev–Trinajstić information content (AvgIpc) is 2.28. The lowest BCUT2D eigenvalue weighted by Crippen LogP contribution is -2.35. The van der Waals surface area contributed by atoms with Crippen LogP contribution in [0.2, 0.25) is 0 Å². The van der Waals surface area contributed by atoms with Crippen LogP contribution in [0.1, 0.15) is 39.5 Å². The average molecular weight is 200 g/mol. The zero-order valence-electron chi connectivity index (χ0n) is 9.50.